The second-order valence-corrected chi connectivity index (χ2v) is 9.47. The van der Waals surface area contributed by atoms with Crippen molar-refractivity contribution in [3.63, 3.8) is 0 Å². The monoisotopic (exact) mass is 441 g/mol. The average Bonchev–Trinajstić information content (AvgIpc) is 3.31. The molecule has 0 aliphatic carbocycles. The standard InChI is InChI=1S/C25H28BN5O2/c1-17(18-9-7-6-8-10-18)29-23-27-14-13-22(30-23)31-16-28-20-15-19(11-12-21(20)31)26-32-24(2,3)25(4,5)33-26/h6-17H,1-5H3,(H,27,29,30). The molecule has 1 aliphatic heterocycles. The molecule has 0 amide bonds. The third-order valence-corrected chi connectivity index (χ3v) is 6.63. The van der Waals surface area contributed by atoms with Crippen molar-refractivity contribution in [2.75, 3.05) is 5.32 Å². The molecule has 1 N–H and O–H groups in total. The highest BCUT2D eigenvalue weighted by molar-refractivity contribution is 6.62. The van der Waals surface area contributed by atoms with Gasteiger partial charge in [-0.25, -0.2) is 9.97 Å². The Bertz CT molecular complexity index is 1270. The molecule has 5 rings (SSSR count). The zero-order valence-corrected chi connectivity index (χ0v) is 19.6. The SMILES string of the molecule is CC(Nc1nccc(-n2cnc3cc(B4OC(C)(C)C(C)(C)O4)ccc32)n1)c1ccccc1. The highest BCUT2D eigenvalue weighted by atomic mass is 16.7. The number of hydrogen-bond donors (Lipinski definition) is 1. The van der Waals surface area contributed by atoms with E-state index in [2.05, 4.69) is 62.0 Å². The van der Waals surface area contributed by atoms with Crippen molar-refractivity contribution < 1.29 is 9.31 Å². The van der Waals surface area contributed by atoms with Crippen LogP contribution < -0.4 is 10.8 Å². The topological polar surface area (TPSA) is 74.1 Å². The Morgan fingerprint density at radius 1 is 0.939 bits per heavy atom. The van der Waals surface area contributed by atoms with E-state index in [4.69, 9.17) is 14.3 Å². The van der Waals surface area contributed by atoms with Gasteiger partial charge in [0.2, 0.25) is 5.95 Å². The number of fused-ring (bicyclic) bond motifs is 1. The largest absolute Gasteiger partial charge is 0.494 e. The maximum Gasteiger partial charge on any atom is 0.494 e. The van der Waals surface area contributed by atoms with Crippen LogP contribution in [-0.4, -0.2) is 37.8 Å². The number of rotatable bonds is 5. The number of nitrogens with zero attached hydrogens (tertiary/aromatic N) is 4. The molecule has 0 saturated carbocycles. The summed E-state index contributed by atoms with van der Waals surface area (Å²) in [6, 6.07) is 18.3. The molecule has 2 aromatic heterocycles. The van der Waals surface area contributed by atoms with E-state index in [1.807, 2.05) is 47.0 Å². The van der Waals surface area contributed by atoms with Crippen molar-refractivity contribution >= 4 is 29.6 Å². The minimum absolute atomic E-state index is 0.0865. The van der Waals surface area contributed by atoms with Crippen LogP contribution in [0.2, 0.25) is 0 Å². The summed E-state index contributed by atoms with van der Waals surface area (Å²) in [6.07, 6.45) is 3.54. The van der Waals surface area contributed by atoms with Crippen LogP contribution in [0.1, 0.15) is 46.2 Å². The van der Waals surface area contributed by atoms with E-state index in [1.165, 1.54) is 5.56 Å². The maximum absolute atomic E-state index is 6.19. The molecule has 1 unspecified atom stereocenters. The summed E-state index contributed by atoms with van der Waals surface area (Å²) >= 11 is 0. The first-order chi connectivity index (χ1) is 15.7. The number of aromatic nitrogens is 4. The Hall–Kier alpha value is -3.23. The first-order valence-corrected chi connectivity index (χ1v) is 11.2. The van der Waals surface area contributed by atoms with E-state index >= 15 is 0 Å². The molecule has 1 atom stereocenters. The lowest BCUT2D eigenvalue weighted by atomic mass is 9.79. The van der Waals surface area contributed by atoms with Crippen molar-refractivity contribution in [2.45, 2.75) is 51.9 Å². The van der Waals surface area contributed by atoms with E-state index < -0.39 is 7.12 Å². The minimum Gasteiger partial charge on any atom is -0.399 e. The molecule has 3 heterocycles. The van der Waals surface area contributed by atoms with Gasteiger partial charge in [-0.2, -0.15) is 4.98 Å². The molecule has 33 heavy (non-hydrogen) atoms. The van der Waals surface area contributed by atoms with Crippen molar-refractivity contribution in [2.24, 2.45) is 0 Å². The van der Waals surface area contributed by atoms with Gasteiger partial charge in [0.15, 0.2) is 0 Å². The lowest BCUT2D eigenvalue weighted by Crippen LogP contribution is -2.41. The summed E-state index contributed by atoms with van der Waals surface area (Å²) in [6.45, 7) is 10.3. The van der Waals surface area contributed by atoms with Crippen LogP contribution in [0.5, 0.6) is 0 Å². The highest BCUT2D eigenvalue weighted by Gasteiger charge is 2.51. The van der Waals surface area contributed by atoms with E-state index in [0.29, 0.717) is 5.95 Å². The van der Waals surface area contributed by atoms with Crippen LogP contribution in [0, 0.1) is 0 Å². The first kappa shape index (κ1) is 21.6. The summed E-state index contributed by atoms with van der Waals surface area (Å²) in [4.78, 5) is 13.7. The Balaban J connectivity index is 1.40. The van der Waals surface area contributed by atoms with E-state index in [9.17, 15) is 0 Å². The zero-order valence-electron chi connectivity index (χ0n) is 19.6. The van der Waals surface area contributed by atoms with Gasteiger partial charge in [-0.1, -0.05) is 36.4 Å². The fourth-order valence-corrected chi connectivity index (χ4v) is 3.91. The maximum atomic E-state index is 6.19. The average molecular weight is 441 g/mol. The molecule has 0 bridgehead atoms. The van der Waals surface area contributed by atoms with Gasteiger partial charge in [0.1, 0.15) is 12.1 Å². The predicted octanol–water partition coefficient (Wildman–Crippen LogP) is 4.29. The van der Waals surface area contributed by atoms with Gasteiger partial charge in [0, 0.05) is 6.20 Å². The van der Waals surface area contributed by atoms with E-state index in [-0.39, 0.29) is 17.2 Å². The molecule has 8 heteroatoms. The third-order valence-electron chi connectivity index (χ3n) is 6.63. The summed E-state index contributed by atoms with van der Waals surface area (Å²) in [5, 5.41) is 3.38. The lowest BCUT2D eigenvalue weighted by molar-refractivity contribution is 0.00578. The summed E-state index contributed by atoms with van der Waals surface area (Å²) < 4.78 is 14.3. The molecule has 4 aromatic rings. The minimum atomic E-state index is -0.418. The lowest BCUT2D eigenvalue weighted by Gasteiger charge is -2.32. The number of anilines is 1. The zero-order chi connectivity index (χ0) is 23.2. The Kier molecular flexibility index (Phi) is 5.22. The molecule has 1 saturated heterocycles. The highest BCUT2D eigenvalue weighted by Crippen LogP contribution is 2.36. The molecule has 0 spiro atoms. The predicted molar refractivity (Wildman–Crippen MR) is 131 cm³/mol. The number of nitrogens with one attached hydrogen (secondary N) is 1. The quantitative estimate of drug-likeness (QED) is 0.466. The van der Waals surface area contributed by atoms with Crippen LogP contribution in [0.15, 0.2) is 67.1 Å². The molecular formula is C25H28BN5O2. The van der Waals surface area contributed by atoms with E-state index in [1.54, 1.807) is 12.5 Å². The molecule has 7 nitrogen and oxygen atoms in total. The number of hydrogen-bond acceptors (Lipinski definition) is 6. The summed E-state index contributed by atoms with van der Waals surface area (Å²) in [7, 11) is -0.418. The van der Waals surface area contributed by atoms with Crippen LogP contribution in [-0.2, 0) is 9.31 Å². The van der Waals surface area contributed by atoms with Gasteiger partial charge in [0.05, 0.1) is 28.3 Å². The first-order valence-electron chi connectivity index (χ1n) is 11.2. The van der Waals surface area contributed by atoms with Crippen molar-refractivity contribution in [3.8, 4) is 5.82 Å². The Morgan fingerprint density at radius 2 is 1.67 bits per heavy atom. The Morgan fingerprint density at radius 3 is 2.39 bits per heavy atom. The number of imidazole rings is 1. The van der Waals surface area contributed by atoms with Gasteiger partial charge in [-0.05, 0) is 63.8 Å². The Labute approximate surface area is 194 Å². The van der Waals surface area contributed by atoms with Gasteiger partial charge in [-0.3, -0.25) is 4.57 Å². The van der Waals surface area contributed by atoms with Crippen molar-refractivity contribution in [3.05, 3.63) is 72.7 Å². The van der Waals surface area contributed by atoms with Gasteiger partial charge in [-0.15, -0.1) is 0 Å². The number of benzene rings is 2. The van der Waals surface area contributed by atoms with Crippen molar-refractivity contribution in [1.29, 1.82) is 0 Å². The molecule has 1 aliphatic rings. The van der Waals surface area contributed by atoms with Gasteiger partial charge < -0.3 is 14.6 Å². The molecule has 0 radical (unpaired) electrons. The van der Waals surface area contributed by atoms with Crippen LogP contribution >= 0.6 is 0 Å². The molecule has 168 valence electrons. The summed E-state index contributed by atoms with van der Waals surface area (Å²) in [5.74, 6) is 1.32. The molecule has 1 fully saturated rings. The van der Waals surface area contributed by atoms with Crippen LogP contribution in [0.25, 0.3) is 16.9 Å². The third kappa shape index (κ3) is 4.00. The fraction of sp³-hybridized carbons (Fsp3) is 0.320. The van der Waals surface area contributed by atoms with Crippen molar-refractivity contribution in [1.82, 2.24) is 19.5 Å². The normalized spacial score (nSPS) is 17.9. The van der Waals surface area contributed by atoms with Crippen LogP contribution in [0.3, 0.4) is 0 Å². The van der Waals surface area contributed by atoms with E-state index in [0.717, 1.165) is 22.3 Å². The molecular weight excluding hydrogens is 413 g/mol. The second-order valence-electron chi connectivity index (χ2n) is 9.47. The fourth-order valence-electron chi connectivity index (χ4n) is 3.91. The molecule has 2 aromatic carbocycles. The van der Waals surface area contributed by atoms with Gasteiger partial charge in [0.25, 0.3) is 0 Å². The second kappa shape index (κ2) is 7.97. The van der Waals surface area contributed by atoms with Crippen LogP contribution in [0.4, 0.5) is 5.95 Å². The van der Waals surface area contributed by atoms with Gasteiger partial charge >= 0.3 is 7.12 Å². The smallest absolute Gasteiger partial charge is 0.399 e. The summed E-state index contributed by atoms with van der Waals surface area (Å²) in [5.41, 5.74) is 3.17.